The molecule has 4 fully saturated rings. The first-order chi connectivity index (χ1) is 19.9. The van der Waals surface area contributed by atoms with Crippen molar-refractivity contribution < 1.29 is 23.9 Å². The Labute approximate surface area is 243 Å². The molecule has 1 spiro atoms. The molecule has 0 bridgehead atoms. The predicted molar refractivity (Wildman–Crippen MR) is 156 cm³/mol. The van der Waals surface area contributed by atoms with Crippen LogP contribution >= 0.6 is 11.3 Å². The Bertz CT molecular complexity index is 1340. The second kappa shape index (κ2) is 11.1. The van der Waals surface area contributed by atoms with Crippen LogP contribution in [0.15, 0.2) is 18.2 Å². The van der Waals surface area contributed by atoms with E-state index in [1.807, 2.05) is 23.1 Å². The number of carbonyl (C=O) groups is 4. The lowest BCUT2D eigenvalue weighted by atomic mass is 9.78. The van der Waals surface area contributed by atoms with Crippen molar-refractivity contribution >= 4 is 50.2 Å². The zero-order valence-corrected chi connectivity index (χ0v) is 24.6. The van der Waals surface area contributed by atoms with Gasteiger partial charge in [-0.25, -0.2) is 4.79 Å². The number of hydrogen-bond acceptors (Lipinski definition) is 7. The van der Waals surface area contributed by atoms with Crippen LogP contribution in [0, 0.1) is 5.41 Å². The fourth-order valence-electron chi connectivity index (χ4n) is 6.96. The normalized spacial score (nSPS) is 21.8. The summed E-state index contributed by atoms with van der Waals surface area (Å²) in [5.74, 6) is 0.549. The number of piperidine rings is 2. The minimum Gasteiger partial charge on any atom is -0.497 e. The second-order valence-electron chi connectivity index (χ2n) is 11.5. The average molecular weight is 583 g/mol. The van der Waals surface area contributed by atoms with Crippen molar-refractivity contribution in [2.45, 2.75) is 51.0 Å². The number of likely N-dealkylation sites (tertiary alicyclic amines) is 2. The standard InChI is InChI=1S/C29H38N6O5S/c1-30-28(39)31-24-23(21-8-7-20(40-2)17-22(21)41-24)25(36)32-15-9-19(10-16-32)33-12-6-11-29(18-33)26(37)34-13-4-3-5-14-35(34)27(29)38/h7-8,17,19H,3-6,9-16,18H2,1-2H3,(H2,30,31,39). The van der Waals surface area contributed by atoms with Crippen LogP contribution in [0.4, 0.5) is 9.80 Å². The van der Waals surface area contributed by atoms with Gasteiger partial charge in [-0.15, -0.1) is 11.3 Å². The Morgan fingerprint density at radius 1 is 0.976 bits per heavy atom. The summed E-state index contributed by atoms with van der Waals surface area (Å²) in [6.07, 6.45) is 5.89. The van der Waals surface area contributed by atoms with Gasteiger partial charge in [0.2, 0.25) is 0 Å². The van der Waals surface area contributed by atoms with E-state index in [2.05, 4.69) is 15.5 Å². The second-order valence-corrected chi connectivity index (χ2v) is 12.5. The first-order valence-electron chi connectivity index (χ1n) is 14.6. The van der Waals surface area contributed by atoms with E-state index >= 15 is 0 Å². The highest BCUT2D eigenvalue weighted by Crippen LogP contribution is 2.43. The monoisotopic (exact) mass is 582 g/mol. The SMILES string of the molecule is CNC(=O)Nc1sc2cc(OC)ccc2c1C(=O)N1CCC(N2CCCC3(C2)C(=O)N2CCCCCN2C3=O)CC1. The number of hydrogen-bond donors (Lipinski definition) is 2. The fourth-order valence-corrected chi connectivity index (χ4v) is 8.08. The van der Waals surface area contributed by atoms with Crippen molar-refractivity contribution in [1.82, 2.24) is 25.1 Å². The molecule has 0 radical (unpaired) electrons. The summed E-state index contributed by atoms with van der Waals surface area (Å²) in [5, 5.41) is 10.1. The molecule has 220 valence electrons. The molecule has 5 heterocycles. The Morgan fingerprint density at radius 3 is 2.34 bits per heavy atom. The highest BCUT2D eigenvalue weighted by molar-refractivity contribution is 7.23. The third-order valence-electron chi connectivity index (χ3n) is 9.17. The number of hydrazine groups is 1. The minimum atomic E-state index is -0.959. The van der Waals surface area contributed by atoms with Gasteiger partial charge in [-0.1, -0.05) is 0 Å². The number of benzene rings is 1. The van der Waals surface area contributed by atoms with Gasteiger partial charge in [-0.05, 0) is 69.7 Å². The molecule has 0 unspecified atom stereocenters. The van der Waals surface area contributed by atoms with Gasteiger partial charge in [0.25, 0.3) is 17.7 Å². The number of fused-ring (bicyclic) bond motifs is 2. The van der Waals surface area contributed by atoms with Crippen LogP contribution in [-0.2, 0) is 9.59 Å². The van der Waals surface area contributed by atoms with E-state index in [9.17, 15) is 19.2 Å². The molecular formula is C29H38N6O5S. The van der Waals surface area contributed by atoms with Gasteiger partial charge in [0.1, 0.15) is 16.2 Å². The number of ether oxygens (including phenoxy) is 1. The molecule has 0 atom stereocenters. The zero-order valence-electron chi connectivity index (χ0n) is 23.7. The molecule has 4 saturated heterocycles. The Kier molecular flexibility index (Phi) is 7.54. The molecule has 0 aliphatic carbocycles. The van der Waals surface area contributed by atoms with Crippen LogP contribution < -0.4 is 15.4 Å². The molecule has 2 N–H and O–H groups in total. The fraction of sp³-hybridized carbons (Fsp3) is 0.586. The number of amides is 5. The van der Waals surface area contributed by atoms with Gasteiger partial charge < -0.3 is 15.0 Å². The number of urea groups is 1. The van der Waals surface area contributed by atoms with E-state index in [0.29, 0.717) is 55.5 Å². The lowest BCUT2D eigenvalue weighted by Gasteiger charge is -2.44. The quantitative estimate of drug-likeness (QED) is 0.536. The van der Waals surface area contributed by atoms with Gasteiger partial charge in [-0.3, -0.25) is 34.6 Å². The Balaban J connectivity index is 1.17. The number of methoxy groups -OCH3 is 1. The third kappa shape index (κ3) is 4.80. The Morgan fingerprint density at radius 2 is 1.68 bits per heavy atom. The zero-order chi connectivity index (χ0) is 28.7. The number of anilines is 1. The van der Waals surface area contributed by atoms with Crippen molar-refractivity contribution in [2.24, 2.45) is 5.41 Å². The van der Waals surface area contributed by atoms with Crippen LogP contribution in [0.2, 0.25) is 0 Å². The van der Waals surface area contributed by atoms with Gasteiger partial charge in [0.15, 0.2) is 0 Å². The van der Waals surface area contributed by atoms with E-state index in [0.717, 1.165) is 55.2 Å². The van der Waals surface area contributed by atoms with E-state index in [4.69, 9.17) is 4.74 Å². The topological polar surface area (TPSA) is 115 Å². The van der Waals surface area contributed by atoms with Crippen molar-refractivity contribution in [3.05, 3.63) is 23.8 Å². The summed E-state index contributed by atoms with van der Waals surface area (Å²) in [6, 6.07) is 5.40. The maximum Gasteiger partial charge on any atom is 0.319 e. The summed E-state index contributed by atoms with van der Waals surface area (Å²) < 4.78 is 6.22. The van der Waals surface area contributed by atoms with Crippen LogP contribution in [-0.4, -0.2) is 103 Å². The van der Waals surface area contributed by atoms with E-state index < -0.39 is 5.41 Å². The number of nitrogens with zero attached hydrogens (tertiary/aromatic N) is 4. The van der Waals surface area contributed by atoms with Crippen molar-refractivity contribution in [1.29, 1.82) is 0 Å². The summed E-state index contributed by atoms with van der Waals surface area (Å²) in [6.45, 7) is 3.73. The van der Waals surface area contributed by atoms with Crippen LogP contribution in [0.5, 0.6) is 5.75 Å². The minimum absolute atomic E-state index is 0.0150. The largest absolute Gasteiger partial charge is 0.497 e. The lowest BCUT2D eigenvalue weighted by molar-refractivity contribution is -0.145. The van der Waals surface area contributed by atoms with Crippen molar-refractivity contribution in [2.75, 3.05) is 58.7 Å². The third-order valence-corrected chi connectivity index (χ3v) is 10.2. The first-order valence-corrected chi connectivity index (χ1v) is 15.4. The highest BCUT2D eigenvalue weighted by Gasteiger charge is 2.60. The number of rotatable bonds is 4. The highest BCUT2D eigenvalue weighted by atomic mass is 32.1. The molecule has 5 amide bonds. The van der Waals surface area contributed by atoms with Gasteiger partial charge in [-0.2, -0.15) is 0 Å². The van der Waals surface area contributed by atoms with Gasteiger partial charge >= 0.3 is 6.03 Å². The van der Waals surface area contributed by atoms with Crippen LogP contribution in [0.3, 0.4) is 0 Å². The molecule has 12 heteroatoms. The number of carbonyl (C=O) groups excluding carboxylic acids is 4. The van der Waals surface area contributed by atoms with E-state index in [1.54, 1.807) is 24.2 Å². The number of nitrogens with one attached hydrogen (secondary N) is 2. The van der Waals surface area contributed by atoms with Crippen LogP contribution in [0.25, 0.3) is 10.1 Å². The Hall–Kier alpha value is -3.38. The molecule has 11 nitrogen and oxygen atoms in total. The van der Waals surface area contributed by atoms with Gasteiger partial charge in [0, 0.05) is 55.9 Å². The lowest BCUT2D eigenvalue weighted by Crippen LogP contribution is -2.56. The predicted octanol–water partition coefficient (Wildman–Crippen LogP) is 3.12. The molecular weight excluding hydrogens is 544 g/mol. The molecule has 0 saturated carbocycles. The summed E-state index contributed by atoms with van der Waals surface area (Å²) >= 11 is 1.35. The molecule has 4 aliphatic heterocycles. The summed E-state index contributed by atoms with van der Waals surface area (Å²) in [7, 11) is 3.14. The molecule has 1 aromatic heterocycles. The molecule has 2 aromatic rings. The smallest absolute Gasteiger partial charge is 0.319 e. The molecule has 1 aromatic carbocycles. The summed E-state index contributed by atoms with van der Waals surface area (Å²) in [4.78, 5) is 57.5. The first kappa shape index (κ1) is 27.8. The molecule has 41 heavy (non-hydrogen) atoms. The maximum absolute atomic E-state index is 13.9. The van der Waals surface area contributed by atoms with Crippen LogP contribution in [0.1, 0.15) is 55.3 Å². The maximum atomic E-state index is 13.9. The molecule has 4 aliphatic rings. The van der Waals surface area contributed by atoms with Gasteiger partial charge in [0.05, 0.1) is 12.7 Å². The molecule has 6 rings (SSSR count). The average Bonchev–Trinajstić information content (AvgIpc) is 3.28. The summed E-state index contributed by atoms with van der Waals surface area (Å²) in [5.41, 5.74) is -0.463. The van der Waals surface area contributed by atoms with E-state index in [-0.39, 0.29) is 29.8 Å². The number of thiophene rings is 1. The van der Waals surface area contributed by atoms with Crippen molar-refractivity contribution in [3.8, 4) is 5.75 Å². The van der Waals surface area contributed by atoms with E-state index in [1.165, 1.54) is 11.3 Å². The van der Waals surface area contributed by atoms with Crippen molar-refractivity contribution in [3.63, 3.8) is 0 Å².